The average molecular weight is 1730 g/mol. The van der Waals surface area contributed by atoms with E-state index in [0.717, 1.165) is 143 Å². The number of rotatable bonds is 26. The lowest BCUT2D eigenvalue weighted by atomic mass is 9.86. The van der Waals surface area contributed by atoms with Crippen LogP contribution in [-0.4, -0.2) is 96.1 Å². The number of fused-ring (bicyclic) bond motifs is 4. The van der Waals surface area contributed by atoms with Crippen molar-refractivity contribution in [1.82, 2.24) is 18.3 Å². The van der Waals surface area contributed by atoms with E-state index in [1.807, 2.05) is 252 Å². The standard InChI is InChI=1S/C31H33NO3.C27H22F3NO3.C27H25NO4.C24H19NO3/c1-31(2,3)23-17-15-22(16-18-23)28-26-13-6-7-14-27(26)32(29(28)30(33)34)20-21-9-8-12-25(19-21)35-24-10-4-5-11-24;28-27(29,30)20-5-3-4-18(14-20)15-31-23-7-2-1-6-22(23)24(25(31)26(32)33)19-10-12-21(13-11-19)34-16-17-8-9-17;1-31-22-6-4-5-19(15-22)16-28-24-8-3-2-7-23(24)25(26(28)27(29)30)20-11-13-21(14-12-20)32-17-18-9-10-18;1-28-19-13-11-18(12-14-19)22-20-9-5-6-10-21(20)25(23(22)24(26)27)16-15-17-7-3-2-4-8-17/h6-9,12-19,24H,4-5,10-11,20H2,1-3H3,(H,33,34);1-7,10-14,17H,8-9,15-16H2,(H,32,33);2-8,11-15,18H,9-10,16-17H2,1H3,(H,29,30);2-16H,1H3,(H,26,27)/b;;;16-15+. The first kappa shape index (κ1) is 87.7. The average Bonchev–Trinajstić information content (AvgIpc) is 1.62. The summed E-state index contributed by atoms with van der Waals surface area (Å²) in [5.41, 5.74) is 14.1. The van der Waals surface area contributed by atoms with Gasteiger partial charge in [0.2, 0.25) is 0 Å². The van der Waals surface area contributed by atoms with Crippen molar-refractivity contribution < 1.29 is 76.5 Å². The van der Waals surface area contributed by atoms with Crippen LogP contribution in [-0.2, 0) is 31.2 Å². The zero-order valence-electron chi connectivity index (χ0n) is 72.3. The Morgan fingerprint density at radius 2 is 0.721 bits per heavy atom. The first-order chi connectivity index (χ1) is 62.4. The monoisotopic (exact) mass is 1730 g/mol. The largest absolute Gasteiger partial charge is 0.497 e. The van der Waals surface area contributed by atoms with Gasteiger partial charge in [-0.15, -0.1) is 0 Å². The van der Waals surface area contributed by atoms with Gasteiger partial charge in [0.05, 0.1) is 44.6 Å². The van der Waals surface area contributed by atoms with E-state index in [9.17, 15) is 52.8 Å². The van der Waals surface area contributed by atoms with E-state index in [0.29, 0.717) is 65.0 Å². The highest BCUT2D eigenvalue weighted by Gasteiger charge is 2.33. The molecule has 3 fully saturated rings. The maximum Gasteiger partial charge on any atom is 0.416 e. The number of carboxylic acids is 4. The predicted octanol–water partition coefficient (Wildman–Crippen LogP) is 26.0. The minimum Gasteiger partial charge on any atom is -0.497 e. The predicted molar refractivity (Wildman–Crippen MR) is 502 cm³/mol. The Kier molecular flexibility index (Phi) is 26.2. The van der Waals surface area contributed by atoms with Gasteiger partial charge in [0.15, 0.2) is 0 Å². The number of benzene rings is 12. The van der Waals surface area contributed by atoms with Crippen molar-refractivity contribution in [3.63, 3.8) is 0 Å². The molecule has 4 N–H and O–H groups in total. The first-order valence-electron chi connectivity index (χ1n) is 43.3. The van der Waals surface area contributed by atoms with Crippen LogP contribution < -0.4 is 23.7 Å². The molecule has 0 bridgehead atoms. The molecule has 0 amide bonds. The number of methoxy groups -OCH3 is 2. The Morgan fingerprint density at radius 3 is 1.12 bits per heavy atom. The lowest BCUT2D eigenvalue weighted by Gasteiger charge is -2.19. The minimum absolute atomic E-state index is 0.00531. The summed E-state index contributed by atoms with van der Waals surface area (Å²) >= 11 is 0. The van der Waals surface area contributed by atoms with Crippen LogP contribution in [0.2, 0.25) is 0 Å². The molecule has 17 nitrogen and oxygen atoms in total. The van der Waals surface area contributed by atoms with E-state index < -0.39 is 35.6 Å². The summed E-state index contributed by atoms with van der Waals surface area (Å²) in [6.07, 6.45) is 9.05. The molecule has 3 aliphatic rings. The third-order valence-electron chi connectivity index (χ3n) is 23.8. The summed E-state index contributed by atoms with van der Waals surface area (Å²) in [5, 5.41) is 44.3. The van der Waals surface area contributed by atoms with Crippen LogP contribution in [0.1, 0.15) is 147 Å². The highest BCUT2D eigenvalue weighted by molar-refractivity contribution is 6.12. The van der Waals surface area contributed by atoms with Gasteiger partial charge in [-0.3, -0.25) is 0 Å². The minimum atomic E-state index is -4.47. The van der Waals surface area contributed by atoms with Gasteiger partial charge in [0.1, 0.15) is 51.5 Å². The fourth-order valence-electron chi connectivity index (χ4n) is 17.0. The van der Waals surface area contributed by atoms with E-state index in [4.69, 9.17) is 23.7 Å². The summed E-state index contributed by atoms with van der Waals surface area (Å²) in [6.45, 7) is 8.86. The number of hydrogen-bond donors (Lipinski definition) is 4. The molecule has 19 rings (SSSR count). The molecule has 0 aliphatic heterocycles. The first-order valence-corrected chi connectivity index (χ1v) is 43.3. The second-order valence-corrected chi connectivity index (χ2v) is 33.9. The molecule has 654 valence electrons. The van der Waals surface area contributed by atoms with Crippen LogP contribution in [0.4, 0.5) is 13.2 Å². The van der Waals surface area contributed by atoms with Crippen molar-refractivity contribution >= 4 is 79.8 Å². The molecular formula is C109H99F3N4O13. The Labute approximate surface area is 745 Å². The molecule has 4 aromatic heterocycles. The van der Waals surface area contributed by atoms with Crippen molar-refractivity contribution in [2.24, 2.45) is 11.8 Å². The van der Waals surface area contributed by atoms with Gasteiger partial charge in [-0.25, -0.2) is 19.2 Å². The number of para-hydroxylation sites is 4. The summed E-state index contributed by atoms with van der Waals surface area (Å²) < 4.78 is 75.2. The fraction of sp³-hybridized carbons (Fsp3) is 0.211. The number of halogens is 3. The molecule has 12 aromatic carbocycles. The molecular weight excluding hydrogens is 1630 g/mol. The molecule has 3 saturated carbocycles. The SMILES string of the molecule is CC(C)(C)c1ccc(-c2c(C(=O)O)n(Cc3cccc(OC4CCCC4)c3)c3ccccc23)cc1.COc1ccc(-c2c(C(=O)O)n(/C=C/c3ccccc3)c3ccccc23)cc1.COc1cccc(Cn2c(C(=O)O)c(-c3ccc(OCC4CC4)cc3)c3ccccc32)c1.O=C(O)c1c(-c2ccc(OCC3CC3)cc2)c2ccccc2n1Cc1cccc(C(F)(F)F)c1. The molecule has 4 heterocycles. The number of hydrogen-bond acceptors (Lipinski definition) is 9. The summed E-state index contributed by atoms with van der Waals surface area (Å²) in [4.78, 5) is 49.8. The molecule has 20 heteroatoms. The molecule has 3 aliphatic carbocycles. The van der Waals surface area contributed by atoms with Crippen LogP contribution in [0.15, 0.2) is 297 Å². The number of alkyl halides is 3. The van der Waals surface area contributed by atoms with Gasteiger partial charge in [0, 0.05) is 86.2 Å². The van der Waals surface area contributed by atoms with Crippen molar-refractivity contribution in [2.75, 3.05) is 27.4 Å². The molecule has 0 atom stereocenters. The summed E-state index contributed by atoms with van der Waals surface area (Å²) in [5.74, 6) is 1.19. The highest BCUT2D eigenvalue weighted by atomic mass is 19.4. The van der Waals surface area contributed by atoms with Gasteiger partial charge in [0.25, 0.3) is 0 Å². The van der Waals surface area contributed by atoms with Crippen molar-refractivity contribution in [3.05, 3.63) is 353 Å². The third kappa shape index (κ3) is 20.2. The summed E-state index contributed by atoms with van der Waals surface area (Å²) in [6, 6.07) is 92.2. The molecule has 0 unspecified atom stereocenters. The smallest absolute Gasteiger partial charge is 0.416 e. The molecule has 129 heavy (non-hydrogen) atoms. The highest BCUT2D eigenvalue weighted by Crippen LogP contribution is 2.44. The Bertz CT molecular complexity index is 6760. The quantitative estimate of drug-likeness (QED) is 0.0397. The second kappa shape index (κ2) is 38.6. The van der Waals surface area contributed by atoms with Crippen LogP contribution in [0.5, 0.6) is 28.7 Å². The zero-order valence-corrected chi connectivity index (χ0v) is 72.3. The van der Waals surface area contributed by atoms with E-state index in [-0.39, 0.29) is 35.1 Å². The van der Waals surface area contributed by atoms with Crippen LogP contribution in [0.3, 0.4) is 0 Å². The van der Waals surface area contributed by atoms with E-state index in [1.54, 1.807) is 41.6 Å². The molecule has 16 aromatic rings. The van der Waals surface area contributed by atoms with E-state index in [2.05, 4.69) is 51.1 Å². The maximum absolute atomic E-state index is 13.2. The number of nitrogens with zero attached hydrogens (tertiary/aromatic N) is 4. The second-order valence-electron chi connectivity index (χ2n) is 33.9. The van der Waals surface area contributed by atoms with Gasteiger partial charge < -0.3 is 62.4 Å². The number of ether oxygens (including phenoxy) is 5. The number of carboxylic acid groups (broad SMARTS) is 4. The van der Waals surface area contributed by atoms with Gasteiger partial charge in [-0.2, -0.15) is 13.2 Å². The number of carbonyl (C=O) groups is 4. The van der Waals surface area contributed by atoms with Crippen molar-refractivity contribution in [3.8, 4) is 73.3 Å². The van der Waals surface area contributed by atoms with Crippen molar-refractivity contribution in [2.45, 2.75) is 109 Å². The molecule has 0 saturated heterocycles. The molecule has 0 radical (unpaired) electrons. The third-order valence-corrected chi connectivity index (χ3v) is 23.8. The zero-order chi connectivity index (χ0) is 90.0. The lowest BCUT2D eigenvalue weighted by Crippen LogP contribution is -2.12. The van der Waals surface area contributed by atoms with Gasteiger partial charge >= 0.3 is 30.1 Å². The molecule has 0 spiro atoms. The summed E-state index contributed by atoms with van der Waals surface area (Å²) in [7, 11) is 3.24. The van der Waals surface area contributed by atoms with Crippen LogP contribution in [0, 0.1) is 11.8 Å². The Morgan fingerprint density at radius 1 is 0.364 bits per heavy atom. The van der Waals surface area contributed by atoms with Crippen molar-refractivity contribution in [1.29, 1.82) is 0 Å². The van der Waals surface area contributed by atoms with Crippen LogP contribution in [0.25, 0.3) is 100 Å². The van der Waals surface area contributed by atoms with E-state index >= 15 is 0 Å². The lowest BCUT2D eigenvalue weighted by molar-refractivity contribution is -0.137. The van der Waals surface area contributed by atoms with Crippen LogP contribution >= 0.6 is 0 Å². The normalized spacial score (nSPS) is 13.3. The Balaban J connectivity index is 0.000000126. The van der Waals surface area contributed by atoms with E-state index in [1.165, 1.54) is 50.2 Å². The van der Waals surface area contributed by atoms with Gasteiger partial charge in [-0.05, 0) is 222 Å². The fourth-order valence-corrected chi connectivity index (χ4v) is 17.0. The Hall–Kier alpha value is -14.8. The number of aromatic nitrogens is 4. The van der Waals surface area contributed by atoms with Gasteiger partial charge in [-0.1, -0.05) is 221 Å². The topological polar surface area (TPSA) is 215 Å². The maximum atomic E-state index is 13.2. The number of aromatic carboxylic acids is 4.